The molecule has 34 heavy (non-hydrogen) atoms. The fraction of sp³-hybridized carbons (Fsp3) is 0.724. The lowest BCUT2D eigenvalue weighted by atomic mass is 9.53. The van der Waals surface area contributed by atoms with Gasteiger partial charge in [-0.1, -0.05) is 82.9 Å². The zero-order chi connectivity index (χ0) is 22.8. The molecule has 190 valence electrons. The topological polar surface area (TPSA) is 41.9 Å². The van der Waals surface area contributed by atoms with Crippen molar-refractivity contribution < 1.29 is 14.6 Å². The minimum Gasteiger partial charge on any atom is -0.490 e. The van der Waals surface area contributed by atoms with Crippen LogP contribution in [0.5, 0.6) is 11.5 Å². The predicted octanol–water partition coefficient (Wildman–Crippen LogP) is 6.21. The van der Waals surface area contributed by atoms with Crippen LogP contribution in [-0.4, -0.2) is 48.5 Å². The van der Waals surface area contributed by atoms with Crippen molar-refractivity contribution in [1.29, 1.82) is 0 Å². The Morgan fingerprint density at radius 2 is 1.74 bits per heavy atom. The Labute approximate surface area is 212 Å². The molecule has 2 aliphatic heterocycles. The minimum atomic E-state index is -0.543. The molecule has 5 rings (SSSR count). The number of hydrogen-bond donors (Lipinski definition) is 1. The number of aliphatic hydroxyl groups is 1. The molecule has 0 amide bonds. The zero-order valence-corrected chi connectivity index (χ0v) is 22.0. The molecule has 2 bridgehead atoms. The molecule has 2 heterocycles. The summed E-state index contributed by atoms with van der Waals surface area (Å²) < 4.78 is 12.9. The standard InChI is InChI=1S/C29H43NO3.ClH/c1-3-4-5-6-7-8-9-10-11-12-19-32-25-16-13-21-20-23-22-14-15-24(31)28-29(22,17-18-30(23)2)26(21)27(25)33-28;/h13-16,22-24,28,31H,3-12,17-20H2,1-2H3;1H. The molecule has 5 heteroatoms. The quantitative estimate of drug-likeness (QED) is 0.280. The van der Waals surface area contributed by atoms with E-state index in [4.69, 9.17) is 9.47 Å². The first-order valence-corrected chi connectivity index (χ1v) is 13.7. The van der Waals surface area contributed by atoms with Crippen molar-refractivity contribution in [2.45, 2.75) is 108 Å². The van der Waals surface area contributed by atoms with E-state index in [1.54, 1.807) is 0 Å². The van der Waals surface area contributed by atoms with Crippen molar-refractivity contribution >= 4 is 12.4 Å². The van der Waals surface area contributed by atoms with Gasteiger partial charge in [-0.05, 0) is 44.5 Å². The molecule has 1 aromatic rings. The maximum Gasteiger partial charge on any atom is 0.165 e. The van der Waals surface area contributed by atoms with E-state index in [0.29, 0.717) is 12.0 Å². The Morgan fingerprint density at radius 1 is 1.03 bits per heavy atom. The summed E-state index contributed by atoms with van der Waals surface area (Å²) >= 11 is 0. The van der Waals surface area contributed by atoms with E-state index in [1.807, 2.05) is 6.08 Å². The monoisotopic (exact) mass is 489 g/mol. The van der Waals surface area contributed by atoms with E-state index in [2.05, 4.69) is 37.1 Å². The molecular weight excluding hydrogens is 446 g/mol. The third-order valence-corrected chi connectivity index (χ3v) is 8.89. The van der Waals surface area contributed by atoms with Crippen LogP contribution in [0.15, 0.2) is 24.3 Å². The lowest BCUT2D eigenvalue weighted by Crippen LogP contribution is -2.64. The van der Waals surface area contributed by atoms with Crippen LogP contribution >= 0.6 is 12.4 Å². The number of likely N-dealkylation sites (tertiary alicyclic amines) is 1. The molecule has 1 fully saturated rings. The summed E-state index contributed by atoms with van der Waals surface area (Å²) in [7, 11) is 2.25. The van der Waals surface area contributed by atoms with E-state index in [0.717, 1.165) is 43.9 Å². The van der Waals surface area contributed by atoms with Crippen LogP contribution in [0.25, 0.3) is 0 Å². The van der Waals surface area contributed by atoms with Crippen molar-refractivity contribution in [2.75, 3.05) is 20.2 Å². The molecule has 0 radical (unpaired) electrons. The van der Waals surface area contributed by atoms with Crippen molar-refractivity contribution in [1.82, 2.24) is 4.90 Å². The number of piperidine rings is 1. The Bertz CT molecular complexity index is 858. The summed E-state index contributed by atoms with van der Waals surface area (Å²) in [4.78, 5) is 2.51. The highest BCUT2D eigenvalue weighted by molar-refractivity contribution is 5.85. The number of nitrogens with zero attached hydrogens (tertiary/aromatic N) is 1. The fourth-order valence-corrected chi connectivity index (χ4v) is 7.11. The third-order valence-electron chi connectivity index (χ3n) is 8.89. The molecule has 5 atom stereocenters. The normalized spacial score (nSPS) is 30.4. The number of ether oxygens (including phenoxy) is 2. The molecule has 1 N–H and O–H groups in total. The number of aliphatic hydroxyl groups excluding tert-OH is 1. The van der Waals surface area contributed by atoms with Gasteiger partial charge in [-0.3, -0.25) is 0 Å². The van der Waals surface area contributed by atoms with Gasteiger partial charge < -0.3 is 19.5 Å². The van der Waals surface area contributed by atoms with Gasteiger partial charge in [-0.15, -0.1) is 12.4 Å². The van der Waals surface area contributed by atoms with Crippen LogP contribution in [0.4, 0.5) is 0 Å². The molecule has 1 aromatic carbocycles. The molecule has 4 aliphatic rings. The minimum absolute atomic E-state index is 0. The van der Waals surface area contributed by atoms with Gasteiger partial charge >= 0.3 is 0 Å². The van der Waals surface area contributed by atoms with Crippen molar-refractivity contribution in [2.24, 2.45) is 5.92 Å². The molecule has 0 saturated carbocycles. The molecular formula is C29H44ClNO3. The summed E-state index contributed by atoms with van der Waals surface area (Å²) in [6.45, 7) is 4.09. The van der Waals surface area contributed by atoms with Crippen LogP contribution < -0.4 is 9.47 Å². The first kappa shape index (κ1) is 25.9. The average molecular weight is 490 g/mol. The highest BCUT2D eigenvalue weighted by Crippen LogP contribution is 2.62. The fourth-order valence-electron chi connectivity index (χ4n) is 7.11. The number of likely N-dealkylation sites (N-methyl/N-ethyl adjacent to an activating group) is 1. The molecule has 1 saturated heterocycles. The second-order valence-electron chi connectivity index (χ2n) is 10.9. The summed E-state index contributed by atoms with van der Waals surface area (Å²) in [5, 5.41) is 10.9. The Balaban J connectivity index is 0.00000274. The predicted molar refractivity (Wildman–Crippen MR) is 140 cm³/mol. The first-order valence-electron chi connectivity index (χ1n) is 13.7. The van der Waals surface area contributed by atoms with Crippen molar-refractivity contribution in [3.8, 4) is 11.5 Å². The SMILES string of the molecule is CCCCCCCCCCCCOc1ccc2c3c1OC1C(O)C=CC4C(C2)N(C)CCC341.Cl. The summed E-state index contributed by atoms with van der Waals surface area (Å²) in [5.41, 5.74) is 2.66. The van der Waals surface area contributed by atoms with E-state index in [-0.39, 0.29) is 23.9 Å². The molecule has 2 aliphatic carbocycles. The van der Waals surface area contributed by atoms with Crippen molar-refractivity contribution in [3.63, 3.8) is 0 Å². The largest absolute Gasteiger partial charge is 0.490 e. The smallest absolute Gasteiger partial charge is 0.165 e. The lowest BCUT2D eigenvalue weighted by molar-refractivity contribution is -0.0454. The van der Waals surface area contributed by atoms with Gasteiger partial charge in [-0.25, -0.2) is 0 Å². The number of hydrogen-bond acceptors (Lipinski definition) is 4. The summed E-state index contributed by atoms with van der Waals surface area (Å²) in [6, 6.07) is 4.88. The third kappa shape index (κ3) is 4.51. The number of benzene rings is 1. The average Bonchev–Trinajstić information content (AvgIpc) is 3.17. The Kier molecular flexibility index (Phi) is 8.53. The molecule has 0 aromatic heterocycles. The van der Waals surface area contributed by atoms with Crippen LogP contribution in [0.2, 0.25) is 0 Å². The van der Waals surface area contributed by atoms with Gasteiger partial charge in [0.2, 0.25) is 0 Å². The maximum atomic E-state index is 10.9. The van der Waals surface area contributed by atoms with E-state index < -0.39 is 6.10 Å². The number of rotatable bonds is 12. The van der Waals surface area contributed by atoms with E-state index in [9.17, 15) is 5.11 Å². The summed E-state index contributed by atoms with van der Waals surface area (Å²) in [6.07, 6.45) is 18.9. The van der Waals surface area contributed by atoms with Gasteiger partial charge in [0.25, 0.3) is 0 Å². The van der Waals surface area contributed by atoms with Crippen LogP contribution in [0.1, 0.15) is 88.7 Å². The van der Waals surface area contributed by atoms with Crippen LogP contribution in [0.3, 0.4) is 0 Å². The highest BCUT2D eigenvalue weighted by atomic mass is 35.5. The van der Waals surface area contributed by atoms with E-state index in [1.165, 1.54) is 68.9 Å². The molecule has 4 nitrogen and oxygen atoms in total. The van der Waals surface area contributed by atoms with E-state index >= 15 is 0 Å². The maximum absolute atomic E-state index is 10.9. The van der Waals surface area contributed by atoms with Gasteiger partial charge in [0.05, 0.1) is 6.61 Å². The van der Waals surface area contributed by atoms with Gasteiger partial charge in [-0.2, -0.15) is 0 Å². The Morgan fingerprint density at radius 3 is 2.47 bits per heavy atom. The highest BCUT2D eigenvalue weighted by Gasteiger charge is 2.64. The number of halogens is 1. The second-order valence-corrected chi connectivity index (χ2v) is 10.9. The molecule has 5 unspecified atom stereocenters. The van der Waals surface area contributed by atoms with Gasteiger partial charge in [0.15, 0.2) is 11.5 Å². The second kappa shape index (κ2) is 11.2. The van der Waals surface area contributed by atoms with Gasteiger partial charge in [0, 0.05) is 22.9 Å². The lowest BCUT2D eigenvalue weighted by Gasteiger charge is -2.56. The summed E-state index contributed by atoms with van der Waals surface area (Å²) in [5.74, 6) is 2.23. The van der Waals surface area contributed by atoms with Gasteiger partial charge in [0.1, 0.15) is 12.2 Å². The number of unbranched alkanes of at least 4 members (excludes halogenated alkanes) is 9. The first-order chi connectivity index (χ1) is 16.2. The molecule has 1 spiro atoms. The van der Waals surface area contributed by atoms with Crippen molar-refractivity contribution in [3.05, 3.63) is 35.4 Å². The van der Waals surface area contributed by atoms with Crippen LogP contribution in [-0.2, 0) is 11.8 Å². The van der Waals surface area contributed by atoms with Crippen LogP contribution in [0, 0.1) is 5.92 Å². The zero-order valence-electron chi connectivity index (χ0n) is 21.1. The Hall–Kier alpha value is -1.23.